The lowest BCUT2D eigenvalue weighted by molar-refractivity contribution is 0.120. The van der Waals surface area contributed by atoms with Crippen molar-refractivity contribution < 1.29 is 4.74 Å². The zero-order chi connectivity index (χ0) is 13.2. The maximum atomic E-state index is 6.03. The smallest absolute Gasteiger partial charge is 0.128 e. The highest BCUT2D eigenvalue weighted by Crippen LogP contribution is 2.28. The second kappa shape index (κ2) is 5.31. The lowest BCUT2D eigenvalue weighted by Gasteiger charge is -2.27. The van der Waals surface area contributed by atoms with Gasteiger partial charge in [-0.15, -0.1) is 0 Å². The predicted octanol–water partition coefficient (Wildman–Crippen LogP) is 4.49. The molecule has 0 aromatic heterocycles. The first-order valence-electron chi connectivity index (χ1n) is 6.45. The minimum absolute atomic E-state index is 0.0872. The van der Waals surface area contributed by atoms with E-state index in [-0.39, 0.29) is 5.54 Å². The second-order valence-electron chi connectivity index (χ2n) is 5.78. The van der Waals surface area contributed by atoms with E-state index in [0.29, 0.717) is 11.1 Å². The number of hydrogen-bond acceptors (Lipinski definition) is 2. The van der Waals surface area contributed by atoms with Gasteiger partial charge in [0.25, 0.3) is 0 Å². The Morgan fingerprint density at radius 2 is 2.06 bits per heavy atom. The molecule has 1 aromatic rings. The minimum Gasteiger partial charge on any atom is -0.490 e. The normalized spacial score (nSPS) is 16.9. The van der Waals surface area contributed by atoms with Gasteiger partial charge in [0.05, 0.1) is 11.6 Å². The van der Waals surface area contributed by atoms with Crippen molar-refractivity contribution in [2.75, 3.05) is 0 Å². The number of benzene rings is 1. The van der Waals surface area contributed by atoms with E-state index in [9.17, 15) is 0 Å². The highest BCUT2D eigenvalue weighted by atomic mass is 35.5. The van der Waals surface area contributed by atoms with E-state index in [1.54, 1.807) is 0 Å². The van der Waals surface area contributed by atoms with E-state index in [2.05, 4.69) is 25.8 Å². The average Bonchev–Trinajstić information content (AvgIpc) is 2.21. The summed E-state index contributed by atoms with van der Waals surface area (Å²) < 4.78 is 5.95. The van der Waals surface area contributed by atoms with Gasteiger partial charge in [0, 0.05) is 16.8 Å². The van der Waals surface area contributed by atoms with Crippen LogP contribution in [0.15, 0.2) is 23.2 Å². The van der Waals surface area contributed by atoms with Crippen LogP contribution in [0.1, 0.15) is 45.6 Å². The summed E-state index contributed by atoms with van der Waals surface area (Å²) in [7, 11) is 0. The van der Waals surface area contributed by atoms with Crippen LogP contribution in [0.5, 0.6) is 5.75 Å². The Bertz CT molecular complexity index is 444. The third-order valence-corrected chi connectivity index (χ3v) is 3.14. The van der Waals surface area contributed by atoms with Crippen LogP contribution in [0.3, 0.4) is 0 Å². The summed E-state index contributed by atoms with van der Waals surface area (Å²) in [5, 5.41) is 0.714. The zero-order valence-electron chi connectivity index (χ0n) is 11.2. The molecule has 1 saturated carbocycles. The molecular formula is C15H20ClNO. The summed E-state index contributed by atoms with van der Waals surface area (Å²) in [5.41, 5.74) is 0.875. The summed E-state index contributed by atoms with van der Waals surface area (Å²) in [6.45, 7) is 6.21. The number of nitrogens with zero attached hydrogens (tertiary/aromatic N) is 1. The Labute approximate surface area is 114 Å². The first kappa shape index (κ1) is 13.4. The number of halogens is 1. The van der Waals surface area contributed by atoms with Crippen LogP contribution >= 0.6 is 11.6 Å². The summed E-state index contributed by atoms with van der Waals surface area (Å²) in [5.74, 6) is 0.886. The van der Waals surface area contributed by atoms with Crippen LogP contribution in [-0.4, -0.2) is 17.9 Å². The molecule has 1 aromatic carbocycles. The Morgan fingerprint density at radius 3 is 2.61 bits per heavy atom. The molecule has 98 valence electrons. The Morgan fingerprint density at radius 1 is 1.33 bits per heavy atom. The number of aliphatic imine (C=N–C) groups is 1. The molecule has 1 aliphatic carbocycles. The fourth-order valence-electron chi connectivity index (χ4n) is 1.66. The van der Waals surface area contributed by atoms with Crippen molar-refractivity contribution in [1.82, 2.24) is 0 Å². The molecule has 0 heterocycles. The summed E-state index contributed by atoms with van der Waals surface area (Å²) in [6, 6.07) is 5.71. The standard InChI is InChI=1S/C15H20ClNO/c1-15(2,3)17-10-11-9-12(16)7-8-14(11)18-13-5-4-6-13/h7-10,13H,4-6H2,1-3H3. The SMILES string of the molecule is CC(C)(C)N=Cc1cc(Cl)ccc1OC1CCC1. The van der Waals surface area contributed by atoms with Gasteiger partial charge in [-0.05, 0) is 58.2 Å². The molecular weight excluding hydrogens is 246 g/mol. The Hall–Kier alpha value is -1.02. The van der Waals surface area contributed by atoms with Gasteiger partial charge in [0.2, 0.25) is 0 Å². The van der Waals surface area contributed by atoms with Gasteiger partial charge in [-0.2, -0.15) is 0 Å². The van der Waals surface area contributed by atoms with Crippen molar-refractivity contribution in [3.63, 3.8) is 0 Å². The molecule has 3 heteroatoms. The van der Waals surface area contributed by atoms with Gasteiger partial charge in [-0.25, -0.2) is 0 Å². The van der Waals surface area contributed by atoms with E-state index in [1.165, 1.54) is 6.42 Å². The van der Waals surface area contributed by atoms with Crippen LogP contribution in [0.4, 0.5) is 0 Å². The zero-order valence-corrected chi connectivity index (χ0v) is 12.0. The van der Waals surface area contributed by atoms with Gasteiger partial charge in [0.1, 0.15) is 5.75 Å². The number of rotatable bonds is 3. The molecule has 0 amide bonds. The molecule has 2 rings (SSSR count). The fraction of sp³-hybridized carbons (Fsp3) is 0.533. The largest absolute Gasteiger partial charge is 0.490 e. The molecule has 0 radical (unpaired) electrons. The van der Waals surface area contributed by atoms with Gasteiger partial charge in [0.15, 0.2) is 0 Å². The van der Waals surface area contributed by atoms with Crippen LogP contribution < -0.4 is 4.74 Å². The fourth-order valence-corrected chi connectivity index (χ4v) is 1.84. The maximum Gasteiger partial charge on any atom is 0.128 e. The van der Waals surface area contributed by atoms with E-state index in [4.69, 9.17) is 16.3 Å². The molecule has 0 bridgehead atoms. The van der Waals surface area contributed by atoms with Crippen LogP contribution in [-0.2, 0) is 0 Å². The summed E-state index contributed by atoms with van der Waals surface area (Å²) >= 11 is 6.03. The minimum atomic E-state index is -0.0872. The molecule has 0 aliphatic heterocycles. The topological polar surface area (TPSA) is 21.6 Å². The van der Waals surface area contributed by atoms with Gasteiger partial charge >= 0.3 is 0 Å². The third kappa shape index (κ3) is 3.74. The van der Waals surface area contributed by atoms with Crippen molar-refractivity contribution in [3.8, 4) is 5.75 Å². The van der Waals surface area contributed by atoms with Crippen molar-refractivity contribution in [2.24, 2.45) is 4.99 Å². The van der Waals surface area contributed by atoms with Crippen molar-refractivity contribution >= 4 is 17.8 Å². The van der Waals surface area contributed by atoms with Crippen LogP contribution in [0.2, 0.25) is 5.02 Å². The molecule has 0 spiro atoms. The first-order chi connectivity index (χ1) is 8.44. The molecule has 0 N–H and O–H groups in total. The quantitative estimate of drug-likeness (QED) is 0.738. The van der Waals surface area contributed by atoms with Crippen LogP contribution in [0, 0.1) is 0 Å². The average molecular weight is 266 g/mol. The lowest BCUT2D eigenvalue weighted by atomic mass is 9.96. The first-order valence-corrected chi connectivity index (χ1v) is 6.83. The van der Waals surface area contributed by atoms with E-state index in [1.807, 2.05) is 24.4 Å². The summed E-state index contributed by atoms with van der Waals surface area (Å²) in [6.07, 6.45) is 5.80. The third-order valence-electron chi connectivity index (χ3n) is 2.91. The molecule has 0 atom stereocenters. The van der Waals surface area contributed by atoms with E-state index < -0.39 is 0 Å². The maximum absolute atomic E-state index is 6.03. The van der Waals surface area contributed by atoms with Gasteiger partial charge < -0.3 is 4.74 Å². The Kier molecular flexibility index (Phi) is 3.96. The van der Waals surface area contributed by atoms with Crippen molar-refractivity contribution in [1.29, 1.82) is 0 Å². The van der Waals surface area contributed by atoms with Crippen molar-refractivity contribution in [3.05, 3.63) is 28.8 Å². The van der Waals surface area contributed by atoms with E-state index >= 15 is 0 Å². The molecule has 0 unspecified atom stereocenters. The molecule has 1 fully saturated rings. The monoisotopic (exact) mass is 265 g/mol. The van der Waals surface area contributed by atoms with Crippen molar-refractivity contribution in [2.45, 2.75) is 51.7 Å². The highest BCUT2D eigenvalue weighted by molar-refractivity contribution is 6.30. The lowest BCUT2D eigenvalue weighted by Crippen LogP contribution is -2.25. The van der Waals surface area contributed by atoms with E-state index in [0.717, 1.165) is 24.2 Å². The molecule has 1 aliphatic rings. The Balaban J connectivity index is 2.19. The summed E-state index contributed by atoms with van der Waals surface area (Å²) in [4.78, 5) is 4.52. The second-order valence-corrected chi connectivity index (χ2v) is 6.22. The molecule has 2 nitrogen and oxygen atoms in total. The predicted molar refractivity (Wildman–Crippen MR) is 77.1 cm³/mol. The number of hydrogen-bond donors (Lipinski definition) is 0. The number of ether oxygens (including phenoxy) is 1. The van der Waals surface area contributed by atoms with Gasteiger partial charge in [-0.1, -0.05) is 11.6 Å². The van der Waals surface area contributed by atoms with Crippen LogP contribution in [0.25, 0.3) is 0 Å². The molecule has 0 saturated heterocycles. The highest BCUT2D eigenvalue weighted by Gasteiger charge is 2.20. The van der Waals surface area contributed by atoms with Gasteiger partial charge in [-0.3, -0.25) is 4.99 Å². The molecule has 18 heavy (non-hydrogen) atoms.